The summed E-state index contributed by atoms with van der Waals surface area (Å²) in [6.07, 6.45) is 0.770. The van der Waals surface area contributed by atoms with Crippen LogP contribution in [0.25, 0.3) is 0 Å². The average molecular weight is 360 g/mol. The van der Waals surface area contributed by atoms with Crippen LogP contribution in [0.3, 0.4) is 0 Å². The van der Waals surface area contributed by atoms with Crippen LogP contribution in [-0.4, -0.2) is 20.6 Å². The lowest BCUT2D eigenvalue weighted by atomic mass is 10.1. The third-order valence-electron chi connectivity index (χ3n) is 3.20. The summed E-state index contributed by atoms with van der Waals surface area (Å²) < 4.78 is 51.1. The molecule has 4 nitrogen and oxygen atoms in total. The van der Waals surface area contributed by atoms with E-state index < -0.39 is 37.8 Å². The van der Waals surface area contributed by atoms with E-state index in [1.807, 2.05) is 0 Å². The Labute approximate surface area is 137 Å². The summed E-state index contributed by atoms with van der Waals surface area (Å²) in [5, 5.41) is 2.70. The van der Waals surface area contributed by atoms with Crippen LogP contribution in [0.2, 0.25) is 5.02 Å². The van der Waals surface area contributed by atoms with Crippen LogP contribution >= 0.6 is 11.6 Å². The summed E-state index contributed by atoms with van der Waals surface area (Å²) >= 11 is 5.91. The van der Waals surface area contributed by atoms with Crippen molar-refractivity contribution in [1.29, 1.82) is 0 Å². The van der Waals surface area contributed by atoms with E-state index in [-0.39, 0.29) is 5.69 Å². The van der Waals surface area contributed by atoms with Crippen LogP contribution < -0.4 is 5.32 Å². The summed E-state index contributed by atoms with van der Waals surface area (Å²) in [5.74, 6) is -3.69. The molecule has 1 N–H and O–H groups in total. The monoisotopic (exact) mass is 359 g/mol. The lowest BCUT2D eigenvalue weighted by Gasteiger charge is -2.12. The van der Waals surface area contributed by atoms with Gasteiger partial charge in [0.05, 0.1) is 0 Å². The SMILES string of the molecule is Cc1c(Cl)cccc1NC(=O)c1c(F)ccc(S(C)(=O)=O)c1F. The van der Waals surface area contributed by atoms with Crippen LogP contribution in [-0.2, 0) is 9.84 Å². The number of hydrogen-bond acceptors (Lipinski definition) is 3. The highest BCUT2D eigenvalue weighted by Crippen LogP contribution is 2.26. The Morgan fingerprint density at radius 2 is 1.83 bits per heavy atom. The molecule has 0 aromatic heterocycles. The maximum Gasteiger partial charge on any atom is 0.261 e. The molecule has 122 valence electrons. The summed E-state index contributed by atoms with van der Waals surface area (Å²) in [6, 6.07) is 6.18. The van der Waals surface area contributed by atoms with Crippen molar-refractivity contribution in [2.75, 3.05) is 11.6 Å². The van der Waals surface area contributed by atoms with Crippen molar-refractivity contribution < 1.29 is 22.0 Å². The molecule has 0 unspecified atom stereocenters. The zero-order chi connectivity index (χ0) is 17.4. The highest BCUT2D eigenvalue weighted by Gasteiger charge is 2.25. The van der Waals surface area contributed by atoms with Gasteiger partial charge in [-0.2, -0.15) is 0 Å². The van der Waals surface area contributed by atoms with Gasteiger partial charge in [-0.05, 0) is 36.8 Å². The standard InChI is InChI=1S/C15H12ClF2NO3S/c1-8-9(16)4-3-5-11(8)19-15(20)13-10(17)6-7-12(14(13)18)23(2,21)22/h3-7H,1-2H3,(H,19,20). The van der Waals surface area contributed by atoms with Gasteiger partial charge in [-0.25, -0.2) is 17.2 Å². The molecule has 0 heterocycles. The van der Waals surface area contributed by atoms with Crippen molar-refractivity contribution in [2.45, 2.75) is 11.8 Å². The molecule has 0 saturated heterocycles. The average Bonchev–Trinajstić information content (AvgIpc) is 2.42. The fraction of sp³-hybridized carbons (Fsp3) is 0.133. The fourth-order valence-corrected chi connectivity index (χ4v) is 2.87. The normalized spacial score (nSPS) is 11.3. The first-order valence-electron chi connectivity index (χ1n) is 6.37. The van der Waals surface area contributed by atoms with E-state index >= 15 is 0 Å². The van der Waals surface area contributed by atoms with Crippen molar-refractivity contribution in [3.05, 3.63) is 58.1 Å². The van der Waals surface area contributed by atoms with E-state index in [0.717, 1.165) is 18.4 Å². The van der Waals surface area contributed by atoms with Gasteiger partial charge in [0.2, 0.25) is 0 Å². The van der Waals surface area contributed by atoms with E-state index in [0.29, 0.717) is 10.6 Å². The summed E-state index contributed by atoms with van der Waals surface area (Å²) in [4.78, 5) is 11.4. The second-order valence-electron chi connectivity index (χ2n) is 4.87. The van der Waals surface area contributed by atoms with E-state index in [2.05, 4.69) is 5.32 Å². The van der Waals surface area contributed by atoms with E-state index in [9.17, 15) is 22.0 Å². The van der Waals surface area contributed by atoms with Crippen LogP contribution in [0.15, 0.2) is 35.2 Å². The maximum atomic E-state index is 14.3. The largest absolute Gasteiger partial charge is 0.322 e. The Balaban J connectivity index is 2.50. The minimum atomic E-state index is -3.94. The number of halogens is 3. The molecule has 8 heteroatoms. The molecular weight excluding hydrogens is 348 g/mol. The number of anilines is 1. The van der Waals surface area contributed by atoms with Crippen molar-refractivity contribution in [1.82, 2.24) is 0 Å². The number of sulfone groups is 1. The molecule has 2 aromatic carbocycles. The Kier molecular flexibility index (Phi) is 4.72. The molecule has 0 bridgehead atoms. The lowest BCUT2D eigenvalue weighted by Crippen LogP contribution is -2.18. The van der Waals surface area contributed by atoms with Gasteiger partial charge in [-0.1, -0.05) is 17.7 Å². The van der Waals surface area contributed by atoms with Gasteiger partial charge in [-0.15, -0.1) is 0 Å². The Morgan fingerprint density at radius 1 is 1.17 bits per heavy atom. The van der Waals surface area contributed by atoms with Crippen molar-refractivity contribution in [2.24, 2.45) is 0 Å². The molecule has 23 heavy (non-hydrogen) atoms. The number of carbonyl (C=O) groups excluding carboxylic acids is 1. The molecule has 2 aromatic rings. The Hall–Kier alpha value is -1.99. The fourth-order valence-electron chi connectivity index (χ4n) is 1.96. The van der Waals surface area contributed by atoms with Crippen LogP contribution in [0.1, 0.15) is 15.9 Å². The first-order valence-corrected chi connectivity index (χ1v) is 8.64. The van der Waals surface area contributed by atoms with E-state index in [1.165, 1.54) is 6.07 Å². The number of amides is 1. The highest BCUT2D eigenvalue weighted by atomic mass is 35.5. The lowest BCUT2D eigenvalue weighted by molar-refractivity contribution is 0.101. The summed E-state index contributed by atoms with van der Waals surface area (Å²) in [6.45, 7) is 1.62. The zero-order valence-electron chi connectivity index (χ0n) is 12.2. The third-order valence-corrected chi connectivity index (χ3v) is 4.72. The van der Waals surface area contributed by atoms with Gasteiger partial charge in [0, 0.05) is 17.0 Å². The first-order chi connectivity index (χ1) is 10.6. The number of hydrogen-bond donors (Lipinski definition) is 1. The molecule has 0 saturated carbocycles. The number of carbonyl (C=O) groups is 1. The van der Waals surface area contributed by atoms with Crippen LogP contribution in [0.4, 0.5) is 14.5 Å². The molecular formula is C15H12ClF2NO3S. The molecule has 0 radical (unpaired) electrons. The van der Waals surface area contributed by atoms with Crippen molar-refractivity contribution in [3.63, 3.8) is 0 Å². The predicted octanol–water partition coefficient (Wildman–Crippen LogP) is 3.58. The Morgan fingerprint density at radius 3 is 2.43 bits per heavy atom. The second-order valence-corrected chi connectivity index (χ2v) is 7.26. The first kappa shape index (κ1) is 17.4. The minimum absolute atomic E-state index is 0.269. The van der Waals surface area contributed by atoms with Gasteiger partial charge < -0.3 is 5.32 Å². The third kappa shape index (κ3) is 3.51. The topological polar surface area (TPSA) is 63.2 Å². The van der Waals surface area contributed by atoms with Crippen molar-refractivity contribution >= 4 is 33.0 Å². The molecule has 0 aliphatic rings. The molecule has 0 atom stereocenters. The molecule has 1 amide bonds. The summed E-state index contributed by atoms with van der Waals surface area (Å²) in [7, 11) is -3.94. The van der Waals surface area contributed by atoms with Crippen molar-refractivity contribution in [3.8, 4) is 0 Å². The van der Waals surface area contributed by atoms with Gasteiger partial charge in [-0.3, -0.25) is 4.79 Å². The van der Waals surface area contributed by atoms with Crippen LogP contribution in [0, 0.1) is 18.6 Å². The van der Waals surface area contributed by atoms with E-state index in [1.54, 1.807) is 19.1 Å². The predicted molar refractivity (Wildman–Crippen MR) is 83.6 cm³/mol. The van der Waals surface area contributed by atoms with E-state index in [4.69, 9.17) is 11.6 Å². The molecule has 2 rings (SSSR count). The number of nitrogens with one attached hydrogen (secondary N) is 1. The van der Waals surface area contributed by atoms with Gasteiger partial charge in [0.1, 0.15) is 16.3 Å². The number of rotatable bonds is 3. The maximum absolute atomic E-state index is 14.3. The van der Waals surface area contributed by atoms with Gasteiger partial charge in [0.25, 0.3) is 5.91 Å². The molecule has 0 aliphatic heterocycles. The van der Waals surface area contributed by atoms with Gasteiger partial charge in [0.15, 0.2) is 15.7 Å². The van der Waals surface area contributed by atoms with Crippen LogP contribution in [0.5, 0.6) is 0 Å². The summed E-state index contributed by atoms with van der Waals surface area (Å²) in [5.41, 5.74) is -0.180. The molecule has 0 aliphatic carbocycles. The van der Waals surface area contributed by atoms with Gasteiger partial charge >= 0.3 is 0 Å². The number of benzene rings is 2. The smallest absolute Gasteiger partial charge is 0.261 e. The minimum Gasteiger partial charge on any atom is -0.322 e. The Bertz CT molecular complexity index is 898. The highest BCUT2D eigenvalue weighted by molar-refractivity contribution is 7.90. The molecule has 0 fully saturated rings. The zero-order valence-corrected chi connectivity index (χ0v) is 13.7. The second kappa shape index (κ2) is 6.25. The quantitative estimate of drug-likeness (QED) is 0.852. The molecule has 0 spiro atoms.